The molecule has 2 N–H and O–H groups in total. The SMILES string of the molecule is COC1(c2ccc(-c3ccccc3)cc2)CC(C(=O)O)N(C(=O)[C@@H](NC(=O)OC(C)(C)C)C(C)(C)C)C1. The molecule has 0 spiro atoms. The molecule has 1 heterocycles. The monoisotopic (exact) mass is 510 g/mol. The number of rotatable bonds is 6. The van der Waals surface area contributed by atoms with E-state index in [4.69, 9.17) is 9.47 Å². The van der Waals surface area contributed by atoms with Gasteiger partial charge in [-0.3, -0.25) is 4.79 Å². The quantitative estimate of drug-likeness (QED) is 0.577. The van der Waals surface area contributed by atoms with Gasteiger partial charge in [0.15, 0.2) is 0 Å². The van der Waals surface area contributed by atoms with Gasteiger partial charge in [0.05, 0.1) is 6.54 Å². The zero-order chi connectivity index (χ0) is 27.6. The molecule has 2 aromatic carbocycles. The van der Waals surface area contributed by atoms with E-state index in [-0.39, 0.29) is 13.0 Å². The first kappa shape index (κ1) is 28.2. The summed E-state index contributed by atoms with van der Waals surface area (Å²) < 4.78 is 11.3. The summed E-state index contributed by atoms with van der Waals surface area (Å²) in [6.07, 6.45) is -0.653. The molecule has 1 aliphatic rings. The molecule has 3 atom stereocenters. The molecule has 2 aromatic rings. The molecule has 200 valence electrons. The van der Waals surface area contributed by atoms with Crippen molar-refractivity contribution in [3.05, 3.63) is 60.2 Å². The topological polar surface area (TPSA) is 105 Å². The van der Waals surface area contributed by atoms with E-state index < -0.39 is 46.7 Å². The number of hydrogen-bond donors (Lipinski definition) is 2. The maximum atomic E-state index is 13.8. The molecule has 1 fully saturated rings. The van der Waals surface area contributed by atoms with Gasteiger partial charge in [0, 0.05) is 13.5 Å². The number of aliphatic carboxylic acids is 1. The summed E-state index contributed by atoms with van der Waals surface area (Å²) in [5.74, 6) is -1.62. The van der Waals surface area contributed by atoms with Crippen LogP contribution in [0.3, 0.4) is 0 Å². The van der Waals surface area contributed by atoms with Crippen LogP contribution in [0.1, 0.15) is 53.5 Å². The van der Waals surface area contributed by atoms with Crippen molar-refractivity contribution >= 4 is 18.0 Å². The van der Waals surface area contributed by atoms with Crippen LogP contribution in [0.15, 0.2) is 54.6 Å². The van der Waals surface area contributed by atoms with Crippen molar-refractivity contribution in [1.29, 1.82) is 0 Å². The summed E-state index contributed by atoms with van der Waals surface area (Å²) in [5.41, 5.74) is 0.404. The van der Waals surface area contributed by atoms with Crippen LogP contribution in [0, 0.1) is 5.41 Å². The van der Waals surface area contributed by atoms with E-state index in [0.717, 1.165) is 16.7 Å². The van der Waals surface area contributed by atoms with Crippen molar-refractivity contribution in [2.75, 3.05) is 13.7 Å². The van der Waals surface area contributed by atoms with Gasteiger partial charge in [0.2, 0.25) is 5.91 Å². The summed E-state index contributed by atoms with van der Waals surface area (Å²) in [6, 6.07) is 15.6. The second-order valence-electron chi connectivity index (χ2n) is 11.6. The molecule has 8 heteroatoms. The third kappa shape index (κ3) is 6.49. The van der Waals surface area contributed by atoms with Gasteiger partial charge in [-0.2, -0.15) is 0 Å². The highest BCUT2D eigenvalue weighted by molar-refractivity contribution is 5.90. The third-order valence-electron chi connectivity index (χ3n) is 6.58. The molecular weight excluding hydrogens is 472 g/mol. The lowest BCUT2D eigenvalue weighted by molar-refractivity contribution is -0.150. The molecular formula is C29H38N2O6. The molecule has 37 heavy (non-hydrogen) atoms. The number of nitrogens with one attached hydrogen (secondary N) is 1. The maximum Gasteiger partial charge on any atom is 0.408 e. The Morgan fingerprint density at radius 3 is 2.03 bits per heavy atom. The van der Waals surface area contributed by atoms with Gasteiger partial charge in [0.1, 0.15) is 23.3 Å². The number of benzene rings is 2. The van der Waals surface area contributed by atoms with Gasteiger partial charge < -0.3 is 24.8 Å². The molecule has 0 aliphatic carbocycles. The van der Waals surface area contributed by atoms with E-state index in [1.165, 1.54) is 12.0 Å². The van der Waals surface area contributed by atoms with Crippen molar-refractivity contribution in [1.82, 2.24) is 10.2 Å². The van der Waals surface area contributed by atoms with E-state index in [2.05, 4.69) is 5.32 Å². The first-order chi connectivity index (χ1) is 17.2. The van der Waals surface area contributed by atoms with Gasteiger partial charge in [0.25, 0.3) is 0 Å². The van der Waals surface area contributed by atoms with Crippen molar-refractivity contribution < 1.29 is 29.0 Å². The standard InChI is InChI=1S/C29H38N2O6/c1-27(2,3)23(30-26(35)37-28(4,5)6)24(32)31-18-29(36-7,17-22(31)25(33)34)21-15-13-20(14-16-21)19-11-9-8-10-12-19/h8-16,22-23H,17-18H2,1-7H3,(H,30,35)(H,33,34)/t22?,23-,29?/m1/s1. The Balaban J connectivity index is 1.92. The minimum Gasteiger partial charge on any atom is -0.480 e. The average Bonchev–Trinajstić information content (AvgIpc) is 3.23. The Morgan fingerprint density at radius 2 is 1.54 bits per heavy atom. The molecule has 2 unspecified atom stereocenters. The fourth-order valence-electron chi connectivity index (χ4n) is 4.64. The zero-order valence-electron chi connectivity index (χ0n) is 22.7. The van der Waals surface area contributed by atoms with Crippen molar-refractivity contribution in [2.24, 2.45) is 5.41 Å². The minimum atomic E-state index is -1.13. The highest BCUT2D eigenvalue weighted by Gasteiger charge is 2.52. The first-order valence-corrected chi connectivity index (χ1v) is 12.4. The molecule has 8 nitrogen and oxygen atoms in total. The van der Waals surface area contributed by atoms with Gasteiger partial charge in [-0.05, 0) is 42.9 Å². The van der Waals surface area contributed by atoms with Gasteiger partial charge in [-0.1, -0.05) is 75.4 Å². The number of alkyl carbamates (subject to hydrolysis) is 1. The minimum absolute atomic E-state index is 0.0343. The van der Waals surface area contributed by atoms with Crippen LogP contribution in [-0.4, -0.2) is 59.3 Å². The molecule has 1 aliphatic heterocycles. The molecule has 0 aromatic heterocycles. The smallest absolute Gasteiger partial charge is 0.408 e. The number of methoxy groups -OCH3 is 1. The predicted octanol–water partition coefficient (Wildman–Crippen LogP) is 4.82. The third-order valence-corrected chi connectivity index (χ3v) is 6.58. The highest BCUT2D eigenvalue weighted by Crippen LogP contribution is 2.41. The van der Waals surface area contributed by atoms with E-state index in [1.807, 2.05) is 75.4 Å². The Morgan fingerprint density at radius 1 is 0.973 bits per heavy atom. The van der Waals surface area contributed by atoms with Gasteiger partial charge in [-0.25, -0.2) is 9.59 Å². The Labute approximate surface area is 219 Å². The van der Waals surface area contributed by atoms with Crippen LogP contribution in [0.4, 0.5) is 4.79 Å². The normalized spacial score (nSPS) is 20.8. The van der Waals surface area contributed by atoms with Crippen molar-refractivity contribution in [3.63, 3.8) is 0 Å². The van der Waals surface area contributed by atoms with Crippen LogP contribution >= 0.6 is 0 Å². The van der Waals surface area contributed by atoms with Crippen LogP contribution in [0.2, 0.25) is 0 Å². The Kier molecular flexibility index (Phi) is 8.03. The predicted molar refractivity (Wildman–Crippen MR) is 141 cm³/mol. The molecule has 1 saturated heterocycles. The van der Waals surface area contributed by atoms with Crippen LogP contribution in [-0.2, 0) is 24.7 Å². The highest BCUT2D eigenvalue weighted by atomic mass is 16.6. The molecule has 0 radical (unpaired) electrons. The van der Waals surface area contributed by atoms with Crippen molar-refractivity contribution in [2.45, 2.75) is 71.2 Å². The van der Waals surface area contributed by atoms with Crippen LogP contribution < -0.4 is 5.32 Å². The number of ether oxygens (including phenoxy) is 2. The number of carboxylic acids is 1. The van der Waals surface area contributed by atoms with Crippen molar-refractivity contribution in [3.8, 4) is 11.1 Å². The van der Waals surface area contributed by atoms with E-state index in [0.29, 0.717) is 0 Å². The molecule has 3 rings (SSSR count). The number of carbonyl (C=O) groups excluding carboxylic acids is 2. The largest absolute Gasteiger partial charge is 0.480 e. The van der Waals surface area contributed by atoms with Crippen LogP contribution in [0.25, 0.3) is 11.1 Å². The molecule has 2 amide bonds. The lowest BCUT2D eigenvalue weighted by Gasteiger charge is -2.35. The summed E-state index contributed by atoms with van der Waals surface area (Å²) in [6.45, 7) is 10.7. The Hall–Kier alpha value is -3.39. The fraction of sp³-hybridized carbons (Fsp3) is 0.483. The van der Waals surface area contributed by atoms with E-state index in [1.54, 1.807) is 20.8 Å². The summed E-state index contributed by atoms with van der Waals surface area (Å²) in [4.78, 5) is 40.0. The number of nitrogens with zero attached hydrogens (tertiary/aromatic N) is 1. The number of likely N-dealkylation sites (tertiary alicyclic amines) is 1. The second-order valence-corrected chi connectivity index (χ2v) is 11.6. The first-order valence-electron chi connectivity index (χ1n) is 12.4. The maximum absolute atomic E-state index is 13.8. The zero-order valence-corrected chi connectivity index (χ0v) is 22.7. The van der Waals surface area contributed by atoms with Gasteiger partial charge >= 0.3 is 12.1 Å². The van der Waals surface area contributed by atoms with Crippen LogP contribution in [0.5, 0.6) is 0 Å². The summed E-state index contributed by atoms with van der Waals surface area (Å²) in [5, 5.41) is 12.7. The molecule has 0 saturated carbocycles. The Bertz CT molecular complexity index is 1120. The number of carbonyl (C=O) groups is 3. The lowest BCUT2D eigenvalue weighted by Crippen LogP contribution is -2.57. The second kappa shape index (κ2) is 10.5. The number of amides is 2. The lowest BCUT2D eigenvalue weighted by atomic mass is 9.85. The number of hydrogen-bond acceptors (Lipinski definition) is 5. The van der Waals surface area contributed by atoms with E-state index in [9.17, 15) is 19.5 Å². The average molecular weight is 511 g/mol. The van der Waals surface area contributed by atoms with Gasteiger partial charge in [-0.15, -0.1) is 0 Å². The summed E-state index contributed by atoms with van der Waals surface area (Å²) >= 11 is 0. The number of carboxylic acid groups (broad SMARTS) is 1. The summed E-state index contributed by atoms with van der Waals surface area (Å²) in [7, 11) is 1.53. The van der Waals surface area contributed by atoms with E-state index >= 15 is 0 Å². The fourth-order valence-corrected chi connectivity index (χ4v) is 4.64. The molecule has 0 bridgehead atoms.